The average Bonchev–Trinajstić information content (AvgIpc) is 3.12. The highest BCUT2D eigenvalue weighted by molar-refractivity contribution is 6.60. The van der Waals surface area contributed by atoms with Gasteiger partial charge in [-0.1, -0.05) is 30.3 Å². The first-order valence-corrected chi connectivity index (χ1v) is 12.6. The molecule has 3 aliphatic rings. The van der Waals surface area contributed by atoms with Crippen molar-refractivity contribution < 1.29 is 24.2 Å². The number of benzene rings is 2. The molecule has 3 heterocycles. The molecule has 190 valence electrons. The van der Waals surface area contributed by atoms with E-state index in [1.54, 1.807) is 12.1 Å². The van der Waals surface area contributed by atoms with Crippen LogP contribution in [0.1, 0.15) is 27.0 Å². The van der Waals surface area contributed by atoms with Gasteiger partial charge in [0, 0.05) is 42.9 Å². The van der Waals surface area contributed by atoms with Crippen LogP contribution in [0.25, 0.3) is 0 Å². The lowest BCUT2D eigenvalue weighted by Crippen LogP contribution is -2.83. The van der Waals surface area contributed by atoms with Crippen LogP contribution in [0.2, 0.25) is 5.21 Å². The Morgan fingerprint density at radius 2 is 1.57 bits per heavy atom. The third-order valence-electron chi connectivity index (χ3n) is 7.77. The number of anilines is 1. The van der Waals surface area contributed by atoms with Crippen molar-refractivity contribution in [3.05, 3.63) is 64.7 Å². The standard InChI is InChI=1S/C25H22B6N4O5/c26-22(27)20(37)33-21(38)23(28,25(22,31)39)35-19(36)16-5-2-6-17(18(16)24(35,29)30)32-12-14-3-1-4-15(11-14)13-34-7-9-40-10-8-34/h1-6,11,32,39H,7-10,12-13H2,(H,33,37,38). The van der Waals surface area contributed by atoms with Gasteiger partial charge in [-0.05, 0) is 39.4 Å². The number of imide groups is 1. The first-order valence-electron chi connectivity index (χ1n) is 12.6. The third-order valence-corrected chi connectivity index (χ3v) is 7.77. The maximum atomic E-state index is 13.6. The summed E-state index contributed by atoms with van der Waals surface area (Å²) < 4.78 is 5.42. The molecule has 0 saturated carbocycles. The van der Waals surface area contributed by atoms with Crippen molar-refractivity contribution in [3.63, 3.8) is 0 Å². The number of fused-ring (bicyclic) bond motifs is 1. The monoisotopic (exact) mass is 524 g/mol. The van der Waals surface area contributed by atoms with Gasteiger partial charge in [0.05, 0.1) is 50.0 Å². The molecule has 5 rings (SSSR count). The van der Waals surface area contributed by atoms with E-state index >= 15 is 0 Å². The van der Waals surface area contributed by atoms with Crippen molar-refractivity contribution in [3.8, 4) is 0 Å². The van der Waals surface area contributed by atoms with E-state index in [0.717, 1.165) is 30.8 Å². The van der Waals surface area contributed by atoms with E-state index in [1.807, 2.05) is 23.5 Å². The number of hydrogen-bond acceptors (Lipinski definition) is 7. The fraction of sp³-hybridized carbons (Fsp3) is 0.400. The molecule has 0 aromatic heterocycles. The van der Waals surface area contributed by atoms with Crippen molar-refractivity contribution >= 4 is 70.5 Å². The van der Waals surface area contributed by atoms with Crippen LogP contribution in [0.3, 0.4) is 0 Å². The first-order chi connectivity index (χ1) is 18.7. The molecule has 40 heavy (non-hydrogen) atoms. The molecule has 2 atom stereocenters. The predicted molar refractivity (Wildman–Crippen MR) is 152 cm³/mol. The molecule has 2 aromatic carbocycles. The van der Waals surface area contributed by atoms with Gasteiger partial charge in [-0.15, -0.1) is 0 Å². The molecule has 2 aromatic rings. The van der Waals surface area contributed by atoms with E-state index < -0.39 is 39.2 Å². The highest BCUT2D eigenvalue weighted by Crippen LogP contribution is 2.50. The second kappa shape index (κ2) is 9.89. The van der Waals surface area contributed by atoms with Gasteiger partial charge in [-0.2, -0.15) is 0 Å². The van der Waals surface area contributed by atoms with Gasteiger partial charge in [0.2, 0.25) is 11.8 Å². The van der Waals surface area contributed by atoms with Gasteiger partial charge in [0.25, 0.3) is 5.91 Å². The summed E-state index contributed by atoms with van der Waals surface area (Å²) in [5.41, 5.74) is -3.55. The number of carbonyl (C=O) groups excluding carboxylic acids is 3. The van der Waals surface area contributed by atoms with Crippen molar-refractivity contribution in [2.75, 3.05) is 31.6 Å². The SMILES string of the molecule is [B]C1([B])c2c(NCc3cccc(CN4CCOCC4)c3)cccc2C(=O)N1C1([B])C(=O)NC(=O)C([B])([B])C1([B])O. The molecule has 12 radical (unpaired) electrons. The lowest BCUT2D eigenvalue weighted by Gasteiger charge is -2.61. The molecular weight excluding hydrogens is 501 g/mol. The highest BCUT2D eigenvalue weighted by atomic mass is 16.5. The number of carbonyl (C=O) groups is 3. The number of hydrogen-bond donors (Lipinski definition) is 3. The second-order valence-electron chi connectivity index (χ2n) is 10.4. The normalized spacial score (nSPS) is 27.7. The Balaban J connectivity index is 1.44. The van der Waals surface area contributed by atoms with Crippen molar-refractivity contribution in [2.45, 2.75) is 34.6 Å². The van der Waals surface area contributed by atoms with Gasteiger partial charge in [-0.25, -0.2) is 0 Å². The van der Waals surface area contributed by atoms with Gasteiger partial charge < -0.3 is 20.1 Å². The smallest absolute Gasteiger partial charge is 0.253 e. The number of nitrogens with one attached hydrogen (secondary N) is 2. The topological polar surface area (TPSA) is 111 Å². The largest absolute Gasteiger partial charge is 0.398 e. The molecule has 3 amide bonds. The fourth-order valence-electron chi connectivity index (χ4n) is 5.45. The molecule has 3 N–H and O–H groups in total. The lowest BCUT2D eigenvalue weighted by atomic mass is 9.31. The number of amides is 3. The maximum Gasteiger partial charge on any atom is 0.253 e. The molecule has 2 fully saturated rings. The van der Waals surface area contributed by atoms with Crippen LogP contribution in [0.15, 0.2) is 42.5 Å². The van der Waals surface area contributed by atoms with Crippen LogP contribution in [0.4, 0.5) is 5.69 Å². The summed E-state index contributed by atoms with van der Waals surface area (Å²) in [5, 5.41) is 11.1. The summed E-state index contributed by atoms with van der Waals surface area (Å²) in [7, 11) is 36.7. The fourth-order valence-corrected chi connectivity index (χ4v) is 5.45. The van der Waals surface area contributed by atoms with Crippen LogP contribution in [-0.4, -0.2) is 117 Å². The minimum atomic E-state index is -3.17. The van der Waals surface area contributed by atoms with Gasteiger partial charge in [0.15, 0.2) is 0 Å². The number of rotatable bonds is 6. The zero-order chi connectivity index (χ0) is 29.1. The van der Waals surface area contributed by atoms with Crippen molar-refractivity contribution in [2.24, 2.45) is 0 Å². The van der Waals surface area contributed by atoms with E-state index in [0.29, 0.717) is 30.3 Å². The van der Waals surface area contributed by atoms with Crippen molar-refractivity contribution in [1.82, 2.24) is 15.1 Å². The Hall–Kier alpha value is -2.88. The molecule has 3 aliphatic heterocycles. The molecule has 9 nitrogen and oxygen atoms in total. The molecule has 0 spiro atoms. The summed E-state index contributed by atoms with van der Waals surface area (Å²) in [4.78, 5) is 41.7. The molecule has 2 unspecified atom stereocenters. The Kier molecular flexibility index (Phi) is 7.08. The summed E-state index contributed by atoms with van der Waals surface area (Å²) in [6.45, 7) is 4.26. The summed E-state index contributed by atoms with van der Waals surface area (Å²) >= 11 is 0. The van der Waals surface area contributed by atoms with E-state index in [1.165, 1.54) is 6.07 Å². The van der Waals surface area contributed by atoms with Gasteiger partial charge >= 0.3 is 0 Å². The summed E-state index contributed by atoms with van der Waals surface area (Å²) in [6, 6.07) is 12.7. The molecular formula is C25H22B6N4O5. The number of morpholine rings is 1. The summed E-state index contributed by atoms with van der Waals surface area (Å²) in [6.07, 6.45) is 0. The molecule has 0 aliphatic carbocycles. The van der Waals surface area contributed by atoms with Crippen LogP contribution in [0, 0.1) is 0 Å². The zero-order valence-corrected chi connectivity index (χ0v) is 21.7. The van der Waals surface area contributed by atoms with E-state index in [2.05, 4.69) is 16.3 Å². The van der Waals surface area contributed by atoms with Crippen LogP contribution in [-0.2, 0) is 32.8 Å². The number of nitrogens with zero attached hydrogens (tertiary/aromatic N) is 2. The highest BCUT2D eigenvalue weighted by Gasteiger charge is 2.68. The van der Waals surface area contributed by atoms with Crippen LogP contribution < -0.4 is 10.6 Å². The quantitative estimate of drug-likeness (QED) is 0.293. The maximum absolute atomic E-state index is 13.6. The Morgan fingerprint density at radius 1 is 0.925 bits per heavy atom. The Morgan fingerprint density at radius 3 is 2.27 bits per heavy atom. The third kappa shape index (κ3) is 4.25. The molecule has 0 bridgehead atoms. The van der Waals surface area contributed by atoms with Gasteiger partial charge in [0.1, 0.15) is 15.7 Å². The second-order valence-corrected chi connectivity index (χ2v) is 10.4. The molecule has 15 heteroatoms. The minimum absolute atomic E-state index is 0.000959. The number of piperidine rings is 1. The zero-order valence-electron chi connectivity index (χ0n) is 21.7. The van der Waals surface area contributed by atoms with Crippen LogP contribution >= 0.6 is 0 Å². The predicted octanol–water partition coefficient (Wildman–Crippen LogP) is -2.13. The van der Waals surface area contributed by atoms with E-state index in [4.69, 9.17) is 51.8 Å². The first kappa shape index (κ1) is 28.6. The van der Waals surface area contributed by atoms with Crippen LogP contribution in [0.5, 0.6) is 0 Å². The number of aliphatic hydroxyl groups is 1. The lowest BCUT2D eigenvalue weighted by molar-refractivity contribution is -0.152. The molecule has 2 saturated heterocycles. The Labute approximate surface area is 240 Å². The minimum Gasteiger partial charge on any atom is -0.398 e. The average molecular weight is 523 g/mol. The number of ether oxygens (including phenoxy) is 1. The van der Waals surface area contributed by atoms with Gasteiger partial charge in [-0.3, -0.25) is 24.6 Å². The van der Waals surface area contributed by atoms with E-state index in [9.17, 15) is 19.5 Å². The Bertz CT molecular complexity index is 1380. The van der Waals surface area contributed by atoms with Crippen molar-refractivity contribution in [1.29, 1.82) is 0 Å². The van der Waals surface area contributed by atoms with E-state index in [-0.39, 0.29) is 11.1 Å². The summed E-state index contributed by atoms with van der Waals surface area (Å²) in [5.74, 6) is -3.59.